The molecule has 0 aromatic heterocycles. The third kappa shape index (κ3) is 6.81. The number of fused-ring (bicyclic) bond motifs is 8. The van der Waals surface area contributed by atoms with Gasteiger partial charge in [0, 0.05) is 34.1 Å². The Morgan fingerprint density at radius 3 is 0.988 bits per heavy atom. The summed E-state index contributed by atoms with van der Waals surface area (Å²) in [7, 11) is 0. The van der Waals surface area contributed by atoms with Gasteiger partial charge in [-0.3, -0.25) is 0 Å². The van der Waals surface area contributed by atoms with E-state index < -0.39 is 0 Å². The second-order valence-electron chi connectivity index (χ2n) is 25.0. The number of anilines is 6. The lowest BCUT2D eigenvalue weighted by Gasteiger charge is -2.42. The fourth-order valence-electron chi connectivity index (χ4n) is 16.9. The van der Waals surface area contributed by atoms with E-state index in [9.17, 15) is 0 Å². The quantitative estimate of drug-likeness (QED) is 0.121. The molecule has 0 unspecified atom stereocenters. The number of para-hydroxylation sites is 4. The summed E-state index contributed by atoms with van der Waals surface area (Å²) in [6.07, 6.45) is 0. The van der Waals surface area contributed by atoms with E-state index in [-0.39, 0.29) is 13.4 Å². The number of nitrogens with zero attached hydrogens (tertiary/aromatic N) is 2. The Balaban J connectivity index is 1.08. The van der Waals surface area contributed by atoms with Crippen LogP contribution in [0.2, 0.25) is 0 Å². The van der Waals surface area contributed by atoms with Gasteiger partial charge < -0.3 is 9.80 Å². The van der Waals surface area contributed by atoms with Crippen LogP contribution in [0.3, 0.4) is 0 Å². The highest BCUT2D eigenvalue weighted by atomic mass is 15.2. The van der Waals surface area contributed by atoms with Gasteiger partial charge in [-0.05, 0) is 258 Å². The number of benzene rings is 14. The predicted molar refractivity (Wildman–Crippen MR) is 370 cm³/mol. The van der Waals surface area contributed by atoms with E-state index in [1.165, 1.54) is 188 Å². The van der Waals surface area contributed by atoms with Crippen LogP contribution in [-0.4, -0.2) is 13.4 Å². The van der Waals surface area contributed by atoms with Crippen LogP contribution in [0, 0.1) is 41.5 Å². The molecule has 0 aliphatic carbocycles. The first kappa shape index (κ1) is 49.3. The molecule has 14 aromatic rings. The van der Waals surface area contributed by atoms with Crippen LogP contribution in [0.1, 0.15) is 33.4 Å². The SMILES string of the molecule is Cc1cc(C)c(-c2cc3c4c(cc5c(-c6c(C)cc(C)cc6C)cc6c7c(cc2c4c57)B2c4ccccc4N(c4ccccc4)c4cc(-c5ccccc5)cc-6c42)B2c4ccccc4N(c4ccccc4)c4cc(-c5ccccc5)cc-3c42)c(C)c1. The standard InChI is InChI=1S/C82H58B2N2/c1-47-35-49(3)75(50(4)36-47)59-43-61-65-39-55(53-23-11-7-12-24-53)41-73-81(65)84(68-32-20-22-34-72(68)85(73)57-27-15-9-16-28-57)70-46-64-60(76-51(5)37-48(2)38-52(76)6)44-62-66-40-56(54-25-13-8-14-26-54)42-74-82(66)83(69-45-63(59)79(77(61)70)80(64)78(62)69)67-31-19-21-33-71(67)86(74)58-29-17-10-18-30-58/h7-46H,1-6H3. The first-order valence-corrected chi connectivity index (χ1v) is 30.5. The van der Waals surface area contributed by atoms with Gasteiger partial charge in [-0.15, -0.1) is 0 Å². The van der Waals surface area contributed by atoms with Crippen molar-refractivity contribution in [1.29, 1.82) is 0 Å². The van der Waals surface area contributed by atoms with Gasteiger partial charge in [-0.25, -0.2) is 0 Å². The van der Waals surface area contributed by atoms with E-state index in [1.54, 1.807) is 0 Å². The second-order valence-corrected chi connectivity index (χ2v) is 25.0. The van der Waals surface area contributed by atoms with Crippen molar-refractivity contribution in [2.24, 2.45) is 0 Å². The van der Waals surface area contributed by atoms with Crippen molar-refractivity contribution in [3.05, 3.63) is 276 Å². The van der Waals surface area contributed by atoms with Crippen molar-refractivity contribution < 1.29 is 0 Å². The van der Waals surface area contributed by atoms with Gasteiger partial charge >= 0.3 is 0 Å². The molecule has 0 amide bonds. The first-order chi connectivity index (χ1) is 42.2. The zero-order chi connectivity index (χ0) is 57.4. The number of hydrogen-bond donors (Lipinski definition) is 0. The third-order valence-corrected chi connectivity index (χ3v) is 19.9. The van der Waals surface area contributed by atoms with E-state index in [4.69, 9.17) is 0 Å². The minimum Gasteiger partial charge on any atom is -0.311 e. The lowest BCUT2D eigenvalue weighted by Crippen LogP contribution is -2.60. The molecule has 0 spiro atoms. The molecule has 4 aliphatic rings. The average molecular weight is 1090 g/mol. The van der Waals surface area contributed by atoms with Crippen LogP contribution in [0.4, 0.5) is 34.1 Å². The van der Waals surface area contributed by atoms with Crippen molar-refractivity contribution >= 4 is 113 Å². The Bertz CT molecular complexity index is 4870. The van der Waals surface area contributed by atoms with Gasteiger partial charge in [0.1, 0.15) is 0 Å². The van der Waals surface area contributed by atoms with Gasteiger partial charge in [0.25, 0.3) is 0 Å². The van der Waals surface area contributed by atoms with E-state index in [0.29, 0.717) is 0 Å². The summed E-state index contributed by atoms with van der Waals surface area (Å²) in [6.45, 7) is 13.8. The molecular formula is C82H58B2N2. The molecule has 0 radical (unpaired) electrons. The van der Waals surface area contributed by atoms with Gasteiger partial charge in [-0.2, -0.15) is 0 Å². The van der Waals surface area contributed by atoms with Crippen LogP contribution < -0.4 is 42.6 Å². The van der Waals surface area contributed by atoms with Gasteiger partial charge in [0.15, 0.2) is 0 Å². The summed E-state index contributed by atoms with van der Waals surface area (Å²) >= 11 is 0. The maximum atomic E-state index is 2.70. The molecule has 2 nitrogen and oxygen atoms in total. The van der Waals surface area contributed by atoms with Crippen LogP contribution in [0.25, 0.3) is 99.1 Å². The minimum atomic E-state index is -0.0557. The predicted octanol–water partition coefficient (Wildman–Crippen LogP) is 17.7. The van der Waals surface area contributed by atoms with Crippen molar-refractivity contribution in [2.75, 3.05) is 9.80 Å². The molecule has 18 rings (SSSR count). The van der Waals surface area contributed by atoms with Crippen LogP contribution in [0.5, 0.6) is 0 Å². The summed E-state index contributed by atoms with van der Waals surface area (Å²) < 4.78 is 0. The highest BCUT2D eigenvalue weighted by molar-refractivity contribution is 7.02. The average Bonchev–Trinajstić information content (AvgIpc) is 0.674. The molecule has 0 atom stereocenters. The summed E-state index contributed by atoms with van der Waals surface area (Å²) in [5, 5.41) is 8.11. The smallest absolute Gasteiger partial charge is 0.248 e. The lowest BCUT2D eigenvalue weighted by molar-refractivity contribution is 1.29. The molecule has 4 heterocycles. The molecule has 4 heteroatoms. The summed E-state index contributed by atoms with van der Waals surface area (Å²) in [5.74, 6) is 0. The zero-order valence-electron chi connectivity index (χ0n) is 49.1. The third-order valence-electron chi connectivity index (χ3n) is 19.9. The molecular weight excluding hydrogens is 1030 g/mol. The van der Waals surface area contributed by atoms with Crippen LogP contribution >= 0.6 is 0 Å². The first-order valence-electron chi connectivity index (χ1n) is 30.5. The molecule has 14 aromatic carbocycles. The summed E-state index contributed by atoms with van der Waals surface area (Å²) in [5.41, 5.74) is 38.4. The summed E-state index contributed by atoms with van der Waals surface area (Å²) in [6, 6.07) is 93.3. The van der Waals surface area contributed by atoms with Crippen molar-refractivity contribution in [3.63, 3.8) is 0 Å². The van der Waals surface area contributed by atoms with Crippen LogP contribution in [-0.2, 0) is 0 Å². The highest BCUT2D eigenvalue weighted by Crippen LogP contribution is 2.54. The Hall–Kier alpha value is -10.2. The topological polar surface area (TPSA) is 6.48 Å². The van der Waals surface area contributed by atoms with Gasteiger partial charge in [0.05, 0.1) is 0 Å². The van der Waals surface area contributed by atoms with Crippen molar-refractivity contribution in [3.8, 4) is 66.8 Å². The van der Waals surface area contributed by atoms with Crippen molar-refractivity contribution in [2.45, 2.75) is 41.5 Å². The van der Waals surface area contributed by atoms with E-state index in [2.05, 4.69) is 294 Å². The Morgan fingerprint density at radius 1 is 0.256 bits per heavy atom. The molecule has 4 aliphatic heterocycles. The maximum absolute atomic E-state index is 2.70. The molecule has 0 saturated heterocycles. The lowest BCUT2D eigenvalue weighted by atomic mass is 9.31. The highest BCUT2D eigenvalue weighted by Gasteiger charge is 2.46. The molecule has 0 bridgehead atoms. The van der Waals surface area contributed by atoms with E-state index in [1.807, 2.05) is 0 Å². The molecule has 0 fully saturated rings. The molecule has 0 saturated carbocycles. The largest absolute Gasteiger partial charge is 0.311 e. The number of hydrogen-bond acceptors (Lipinski definition) is 2. The fourth-order valence-corrected chi connectivity index (χ4v) is 16.9. The van der Waals surface area contributed by atoms with Crippen LogP contribution in [0.15, 0.2) is 243 Å². The number of rotatable bonds is 6. The maximum Gasteiger partial charge on any atom is 0.248 e. The Morgan fingerprint density at radius 2 is 0.605 bits per heavy atom. The Kier molecular flexibility index (Phi) is 10.4. The van der Waals surface area contributed by atoms with Gasteiger partial charge in [0.2, 0.25) is 13.4 Å². The number of aryl methyl sites for hydroxylation is 6. The van der Waals surface area contributed by atoms with E-state index in [0.717, 1.165) is 11.4 Å². The van der Waals surface area contributed by atoms with Crippen molar-refractivity contribution in [1.82, 2.24) is 0 Å². The fraction of sp³-hybridized carbons (Fsp3) is 0.0732. The van der Waals surface area contributed by atoms with E-state index >= 15 is 0 Å². The zero-order valence-corrected chi connectivity index (χ0v) is 49.1. The normalized spacial score (nSPS) is 13.1. The minimum absolute atomic E-state index is 0.0557. The molecule has 0 N–H and O–H groups in total. The Labute approximate surface area is 503 Å². The molecule has 402 valence electrons. The molecule has 86 heavy (non-hydrogen) atoms. The van der Waals surface area contributed by atoms with Gasteiger partial charge in [-0.1, -0.05) is 192 Å². The summed E-state index contributed by atoms with van der Waals surface area (Å²) in [4.78, 5) is 5.11. The monoisotopic (exact) mass is 1090 g/mol. The second kappa shape index (κ2) is 18.2.